The number of hydrazone groups is 1. The maximum absolute atomic E-state index is 12.2. The molecule has 21 heavy (non-hydrogen) atoms. The number of benzene rings is 1. The van der Waals surface area contributed by atoms with Crippen LogP contribution in [-0.2, 0) is 4.79 Å². The van der Waals surface area contributed by atoms with E-state index in [1.165, 1.54) is 4.88 Å². The van der Waals surface area contributed by atoms with E-state index in [0.717, 1.165) is 17.7 Å². The van der Waals surface area contributed by atoms with Crippen LogP contribution in [-0.4, -0.2) is 16.6 Å². The van der Waals surface area contributed by atoms with Gasteiger partial charge in [0.25, 0.3) is 0 Å². The van der Waals surface area contributed by atoms with Gasteiger partial charge >= 0.3 is 0 Å². The van der Waals surface area contributed by atoms with E-state index in [4.69, 9.17) is 11.6 Å². The number of carbonyl (C=O) groups is 1. The number of amides is 1. The third kappa shape index (κ3) is 2.87. The summed E-state index contributed by atoms with van der Waals surface area (Å²) in [5.41, 5.74) is 1.96. The van der Waals surface area contributed by atoms with Gasteiger partial charge in [0.15, 0.2) is 0 Å². The molecule has 1 aliphatic rings. The summed E-state index contributed by atoms with van der Waals surface area (Å²) in [6.45, 7) is 1.86. The third-order valence-corrected chi connectivity index (χ3v) is 4.74. The molecule has 2 heterocycles. The fourth-order valence-electron chi connectivity index (χ4n) is 2.42. The molecule has 1 aromatic heterocycles. The second kappa shape index (κ2) is 6.00. The van der Waals surface area contributed by atoms with Crippen LogP contribution in [0.25, 0.3) is 0 Å². The molecule has 0 fully saturated rings. The lowest BCUT2D eigenvalue weighted by Gasteiger charge is -2.19. The van der Waals surface area contributed by atoms with Gasteiger partial charge in [-0.15, -0.1) is 11.3 Å². The van der Waals surface area contributed by atoms with Gasteiger partial charge in [-0.2, -0.15) is 5.10 Å². The van der Waals surface area contributed by atoms with E-state index in [-0.39, 0.29) is 11.9 Å². The normalized spacial score (nSPS) is 17.9. The quantitative estimate of drug-likeness (QED) is 0.820. The topological polar surface area (TPSA) is 32.7 Å². The molecular formula is C16H15ClN2OS. The molecule has 0 radical (unpaired) electrons. The minimum Gasteiger partial charge on any atom is -0.273 e. The Morgan fingerprint density at radius 2 is 2.14 bits per heavy atom. The predicted octanol–water partition coefficient (Wildman–Crippen LogP) is 4.49. The zero-order valence-electron chi connectivity index (χ0n) is 11.6. The van der Waals surface area contributed by atoms with Crippen molar-refractivity contribution in [2.45, 2.75) is 25.8 Å². The van der Waals surface area contributed by atoms with Crippen molar-refractivity contribution in [3.05, 3.63) is 57.2 Å². The minimum absolute atomic E-state index is 0.0168. The molecule has 0 spiro atoms. The molecule has 2 aromatic rings. The fourth-order valence-corrected chi connectivity index (χ4v) is 3.36. The summed E-state index contributed by atoms with van der Waals surface area (Å²) in [6, 6.07) is 11.7. The SMILES string of the molecule is CCC(=O)N1N=C(c2ccc(Cl)cc2)CC1c1cccs1. The zero-order valence-corrected chi connectivity index (χ0v) is 13.2. The Hall–Kier alpha value is -1.65. The van der Waals surface area contributed by atoms with Crippen molar-refractivity contribution in [3.63, 3.8) is 0 Å². The van der Waals surface area contributed by atoms with E-state index in [2.05, 4.69) is 11.2 Å². The molecule has 1 aromatic carbocycles. The summed E-state index contributed by atoms with van der Waals surface area (Å²) in [6.07, 6.45) is 1.20. The zero-order chi connectivity index (χ0) is 14.8. The van der Waals surface area contributed by atoms with Crippen molar-refractivity contribution < 1.29 is 4.79 Å². The number of hydrogen-bond acceptors (Lipinski definition) is 3. The second-order valence-electron chi connectivity index (χ2n) is 4.88. The monoisotopic (exact) mass is 318 g/mol. The van der Waals surface area contributed by atoms with E-state index in [1.807, 2.05) is 42.6 Å². The van der Waals surface area contributed by atoms with E-state index >= 15 is 0 Å². The van der Waals surface area contributed by atoms with Gasteiger partial charge in [0.2, 0.25) is 5.91 Å². The Morgan fingerprint density at radius 3 is 2.76 bits per heavy atom. The lowest BCUT2D eigenvalue weighted by molar-refractivity contribution is -0.132. The lowest BCUT2D eigenvalue weighted by atomic mass is 10.0. The Labute approximate surface area is 132 Å². The van der Waals surface area contributed by atoms with Gasteiger partial charge in [-0.1, -0.05) is 36.7 Å². The van der Waals surface area contributed by atoms with Crippen LogP contribution in [0.15, 0.2) is 46.9 Å². The van der Waals surface area contributed by atoms with Gasteiger partial charge < -0.3 is 0 Å². The molecule has 1 amide bonds. The summed E-state index contributed by atoms with van der Waals surface area (Å²) >= 11 is 7.59. The van der Waals surface area contributed by atoms with Crippen LogP contribution in [0.4, 0.5) is 0 Å². The molecule has 0 N–H and O–H groups in total. The maximum Gasteiger partial charge on any atom is 0.243 e. The molecule has 1 unspecified atom stereocenters. The fraction of sp³-hybridized carbons (Fsp3) is 0.250. The first-order valence-electron chi connectivity index (χ1n) is 6.88. The molecule has 0 saturated heterocycles. The van der Waals surface area contributed by atoms with Crippen LogP contribution >= 0.6 is 22.9 Å². The number of rotatable bonds is 3. The van der Waals surface area contributed by atoms with Crippen molar-refractivity contribution in [2.75, 3.05) is 0 Å². The van der Waals surface area contributed by atoms with Crippen LogP contribution in [0.3, 0.4) is 0 Å². The van der Waals surface area contributed by atoms with Crippen LogP contribution in [0.5, 0.6) is 0 Å². The smallest absolute Gasteiger partial charge is 0.243 e. The van der Waals surface area contributed by atoms with Gasteiger partial charge in [-0.3, -0.25) is 4.79 Å². The number of hydrogen-bond donors (Lipinski definition) is 0. The number of nitrogens with zero attached hydrogens (tertiary/aromatic N) is 2. The molecule has 1 aliphatic heterocycles. The average molecular weight is 319 g/mol. The van der Waals surface area contributed by atoms with Crippen molar-refractivity contribution in [2.24, 2.45) is 5.10 Å². The Kier molecular flexibility index (Phi) is 4.08. The highest BCUT2D eigenvalue weighted by atomic mass is 35.5. The largest absolute Gasteiger partial charge is 0.273 e. The van der Waals surface area contributed by atoms with Gasteiger partial charge in [0.05, 0.1) is 11.8 Å². The first kappa shape index (κ1) is 14.3. The Morgan fingerprint density at radius 1 is 1.38 bits per heavy atom. The van der Waals surface area contributed by atoms with E-state index in [9.17, 15) is 4.79 Å². The van der Waals surface area contributed by atoms with E-state index in [0.29, 0.717) is 11.4 Å². The minimum atomic E-state index is 0.0168. The summed E-state index contributed by atoms with van der Waals surface area (Å²) in [4.78, 5) is 13.3. The van der Waals surface area contributed by atoms with Crippen LogP contribution in [0.1, 0.15) is 36.2 Å². The van der Waals surface area contributed by atoms with Crippen LogP contribution < -0.4 is 0 Å². The summed E-state index contributed by atoms with van der Waals surface area (Å²) < 4.78 is 0. The first-order chi connectivity index (χ1) is 10.2. The van der Waals surface area contributed by atoms with Crippen molar-refractivity contribution >= 4 is 34.6 Å². The summed E-state index contributed by atoms with van der Waals surface area (Å²) in [5.74, 6) is 0.0531. The summed E-state index contributed by atoms with van der Waals surface area (Å²) in [7, 11) is 0. The van der Waals surface area contributed by atoms with Gasteiger partial charge in [-0.05, 0) is 29.1 Å². The highest BCUT2D eigenvalue weighted by Crippen LogP contribution is 2.35. The Balaban J connectivity index is 1.93. The number of thiophene rings is 1. The first-order valence-corrected chi connectivity index (χ1v) is 8.13. The Bertz CT molecular complexity index is 664. The molecule has 0 aliphatic carbocycles. The molecule has 108 valence electrons. The molecule has 0 bridgehead atoms. The average Bonchev–Trinajstić information content (AvgIpc) is 3.16. The van der Waals surface area contributed by atoms with E-state index in [1.54, 1.807) is 16.3 Å². The van der Waals surface area contributed by atoms with E-state index < -0.39 is 0 Å². The van der Waals surface area contributed by atoms with Crippen molar-refractivity contribution in [1.29, 1.82) is 0 Å². The molecular weight excluding hydrogens is 304 g/mol. The molecule has 0 saturated carbocycles. The molecule has 5 heteroatoms. The number of halogens is 1. The van der Waals surface area contributed by atoms with Crippen molar-refractivity contribution in [3.8, 4) is 0 Å². The third-order valence-electron chi connectivity index (χ3n) is 3.52. The summed E-state index contributed by atoms with van der Waals surface area (Å²) in [5, 5.41) is 8.93. The second-order valence-corrected chi connectivity index (χ2v) is 6.30. The lowest BCUT2D eigenvalue weighted by Crippen LogP contribution is -2.25. The van der Waals surface area contributed by atoms with Crippen molar-refractivity contribution in [1.82, 2.24) is 5.01 Å². The maximum atomic E-state index is 12.2. The van der Waals surface area contributed by atoms with Gasteiger partial charge in [0.1, 0.15) is 0 Å². The van der Waals surface area contributed by atoms with Crippen LogP contribution in [0, 0.1) is 0 Å². The molecule has 3 rings (SSSR count). The highest BCUT2D eigenvalue weighted by Gasteiger charge is 2.32. The standard InChI is InChI=1S/C16H15ClN2OS/c1-2-16(20)19-14(15-4-3-9-21-15)10-13(18-19)11-5-7-12(17)8-6-11/h3-9,14H,2,10H2,1H3. The van der Waals surface area contributed by atoms with Gasteiger partial charge in [-0.25, -0.2) is 5.01 Å². The number of carbonyl (C=O) groups excluding carboxylic acids is 1. The van der Waals surface area contributed by atoms with Gasteiger partial charge in [0, 0.05) is 22.7 Å². The highest BCUT2D eigenvalue weighted by molar-refractivity contribution is 7.10. The van der Waals surface area contributed by atoms with Crippen LogP contribution in [0.2, 0.25) is 5.02 Å². The molecule has 1 atom stereocenters. The molecule has 3 nitrogen and oxygen atoms in total. The predicted molar refractivity (Wildman–Crippen MR) is 86.8 cm³/mol.